The molecule has 0 amide bonds. The normalized spacial score (nSPS) is 12.7. The third-order valence-corrected chi connectivity index (χ3v) is 2.66. The molecule has 0 aliphatic heterocycles. The molecule has 0 aromatic heterocycles. The number of hydrogen-bond donors (Lipinski definition) is 2. The van der Waals surface area contributed by atoms with Crippen LogP contribution in [-0.4, -0.2) is 18.4 Å². The largest absolute Gasteiger partial charge is 0.330 e. The van der Waals surface area contributed by atoms with Gasteiger partial charge < -0.3 is 11.5 Å². The molecule has 0 aliphatic carbocycles. The quantitative estimate of drug-likeness (QED) is 0.546. The summed E-state index contributed by atoms with van der Waals surface area (Å²) >= 11 is 0. The first-order valence-electron chi connectivity index (χ1n) is 6.20. The van der Waals surface area contributed by atoms with Crippen LogP contribution in [0.4, 0.5) is 0 Å². The van der Waals surface area contributed by atoms with E-state index in [4.69, 9.17) is 11.5 Å². The zero-order chi connectivity index (χ0) is 11.5. The fraction of sp³-hybridized carbons (Fsp3) is 0.917. The number of ketones is 1. The van der Waals surface area contributed by atoms with Crippen molar-refractivity contribution in [2.45, 2.75) is 64.3 Å². The number of carbonyl (C=O) groups is 1. The zero-order valence-corrected chi connectivity index (χ0v) is 10.0. The summed E-state index contributed by atoms with van der Waals surface area (Å²) in [6.07, 6.45) is 7.91. The maximum Gasteiger partial charge on any atom is 0.149 e. The van der Waals surface area contributed by atoms with Gasteiger partial charge in [-0.05, 0) is 25.8 Å². The highest BCUT2D eigenvalue weighted by atomic mass is 16.1. The van der Waals surface area contributed by atoms with Crippen molar-refractivity contribution >= 4 is 5.78 Å². The predicted octanol–water partition coefficient (Wildman–Crippen LogP) is 1.98. The van der Waals surface area contributed by atoms with E-state index < -0.39 is 0 Å². The Morgan fingerprint density at radius 2 is 1.87 bits per heavy atom. The van der Waals surface area contributed by atoms with Crippen LogP contribution in [0.15, 0.2) is 0 Å². The van der Waals surface area contributed by atoms with Gasteiger partial charge >= 0.3 is 0 Å². The molecule has 0 heterocycles. The van der Waals surface area contributed by atoms with E-state index in [0.29, 0.717) is 6.42 Å². The maximum atomic E-state index is 11.5. The Kier molecular flexibility index (Phi) is 9.84. The average Bonchev–Trinajstić information content (AvgIpc) is 2.24. The summed E-state index contributed by atoms with van der Waals surface area (Å²) < 4.78 is 0. The van der Waals surface area contributed by atoms with Gasteiger partial charge in [-0.15, -0.1) is 0 Å². The highest BCUT2D eigenvalue weighted by Crippen LogP contribution is 2.07. The van der Waals surface area contributed by atoms with E-state index in [2.05, 4.69) is 6.92 Å². The van der Waals surface area contributed by atoms with Crippen molar-refractivity contribution in [3.8, 4) is 0 Å². The summed E-state index contributed by atoms with van der Waals surface area (Å²) in [5.74, 6) is 0.225. The molecule has 15 heavy (non-hydrogen) atoms. The van der Waals surface area contributed by atoms with Crippen LogP contribution in [0.3, 0.4) is 0 Å². The summed E-state index contributed by atoms with van der Waals surface area (Å²) in [4.78, 5) is 11.5. The highest BCUT2D eigenvalue weighted by Gasteiger charge is 2.11. The predicted molar refractivity (Wildman–Crippen MR) is 64.6 cm³/mol. The lowest BCUT2D eigenvalue weighted by molar-refractivity contribution is -0.120. The Morgan fingerprint density at radius 3 is 2.47 bits per heavy atom. The Morgan fingerprint density at radius 1 is 1.13 bits per heavy atom. The van der Waals surface area contributed by atoms with Crippen molar-refractivity contribution in [3.05, 3.63) is 0 Å². The Labute approximate surface area is 93.6 Å². The van der Waals surface area contributed by atoms with Crippen molar-refractivity contribution in [1.82, 2.24) is 0 Å². The number of rotatable bonds is 10. The van der Waals surface area contributed by atoms with Gasteiger partial charge in [-0.3, -0.25) is 4.79 Å². The van der Waals surface area contributed by atoms with E-state index >= 15 is 0 Å². The van der Waals surface area contributed by atoms with Crippen molar-refractivity contribution < 1.29 is 4.79 Å². The second kappa shape index (κ2) is 10.1. The number of Topliss-reactive ketones (excluding diaryl/α,β-unsaturated/α-hetero) is 1. The molecule has 0 saturated heterocycles. The van der Waals surface area contributed by atoms with Gasteiger partial charge in [0.05, 0.1) is 6.04 Å². The van der Waals surface area contributed by atoms with Crippen LogP contribution in [-0.2, 0) is 4.79 Å². The van der Waals surface area contributed by atoms with Crippen molar-refractivity contribution in [3.63, 3.8) is 0 Å². The van der Waals surface area contributed by atoms with Crippen LogP contribution in [0.2, 0.25) is 0 Å². The number of unbranched alkanes of at least 4 members (excludes halogenated alkanes) is 4. The van der Waals surface area contributed by atoms with E-state index in [1.807, 2.05) is 0 Å². The van der Waals surface area contributed by atoms with Crippen LogP contribution in [0, 0.1) is 0 Å². The topological polar surface area (TPSA) is 69.1 Å². The van der Waals surface area contributed by atoms with Gasteiger partial charge in [0.25, 0.3) is 0 Å². The molecule has 0 fully saturated rings. The van der Waals surface area contributed by atoms with Crippen LogP contribution in [0.25, 0.3) is 0 Å². The molecule has 1 atom stereocenters. The Hall–Kier alpha value is -0.410. The van der Waals surface area contributed by atoms with Gasteiger partial charge in [-0.1, -0.05) is 32.6 Å². The molecular formula is C12H26N2O. The summed E-state index contributed by atoms with van der Waals surface area (Å²) in [7, 11) is 0. The Balaban J connectivity index is 3.42. The second-order valence-corrected chi connectivity index (χ2v) is 4.17. The molecular weight excluding hydrogens is 188 g/mol. The van der Waals surface area contributed by atoms with Gasteiger partial charge in [0.1, 0.15) is 5.78 Å². The molecule has 0 radical (unpaired) electrons. The molecule has 0 aromatic rings. The van der Waals surface area contributed by atoms with Crippen LogP contribution in [0.1, 0.15) is 58.3 Å². The van der Waals surface area contributed by atoms with Gasteiger partial charge in [0, 0.05) is 6.42 Å². The van der Waals surface area contributed by atoms with E-state index in [-0.39, 0.29) is 11.8 Å². The van der Waals surface area contributed by atoms with Crippen molar-refractivity contribution in [2.75, 3.05) is 6.54 Å². The molecule has 3 heteroatoms. The molecule has 0 rings (SSSR count). The lowest BCUT2D eigenvalue weighted by Crippen LogP contribution is -2.30. The lowest BCUT2D eigenvalue weighted by Gasteiger charge is -2.09. The maximum absolute atomic E-state index is 11.5. The SMILES string of the molecule is CCCCCC(N)C(=O)CCCCCN. The molecule has 0 saturated carbocycles. The lowest BCUT2D eigenvalue weighted by atomic mass is 10.0. The molecule has 0 aromatic carbocycles. The first-order chi connectivity index (χ1) is 7.22. The van der Waals surface area contributed by atoms with E-state index in [1.54, 1.807) is 0 Å². The minimum Gasteiger partial charge on any atom is -0.330 e. The molecule has 0 spiro atoms. The zero-order valence-electron chi connectivity index (χ0n) is 10.0. The van der Waals surface area contributed by atoms with Crippen molar-refractivity contribution in [2.24, 2.45) is 11.5 Å². The van der Waals surface area contributed by atoms with Gasteiger partial charge in [-0.2, -0.15) is 0 Å². The minimum absolute atomic E-state index is 0.225. The first-order valence-corrected chi connectivity index (χ1v) is 6.20. The highest BCUT2D eigenvalue weighted by molar-refractivity contribution is 5.83. The molecule has 4 N–H and O–H groups in total. The van der Waals surface area contributed by atoms with Gasteiger partial charge in [0.2, 0.25) is 0 Å². The third-order valence-electron chi connectivity index (χ3n) is 2.66. The standard InChI is InChI=1S/C12H26N2O/c1-2-3-5-8-11(14)12(15)9-6-4-7-10-13/h11H,2-10,13-14H2,1H3. The number of carbonyl (C=O) groups excluding carboxylic acids is 1. The molecule has 3 nitrogen and oxygen atoms in total. The first kappa shape index (κ1) is 14.6. The molecule has 0 aliphatic rings. The summed E-state index contributed by atoms with van der Waals surface area (Å²) in [5, 5.41) is 0. The monoisotopic (exact) mass is 214 g/mol. The minimum atomic E-state index is -0.227. The van der Waals surface area contributed by atoms with Crippen LogP contribution in [0.5, 0.6) is 0 Å². The van der Waals surface area contributed by atoms with Gasteiger partial charge in [-0.25, -0.2) is 0 Å². The van der Waals surface area contributed by atoms with E-state index in [9.17, 15) is 4.79 Å². The van der Waals surface area contributed by atoms with E-state index in [1.165, 1.54) is 12.8 Å². The third kappa shape index (κ3) is 8.58. The van der Waals surface area contributed by atoms with Crippen LogP contribution >= 0.6 is 0 Å². The summed E-state index contributed by atoms with van der Waals surface area (Å²) in [5.41, 5.74) is 11.2. The smallest absolute Gasteiger partial charge is 0.149 e. The fourth-order valence-corrected chi connectivity index (χ4v) is 1.58. The number of nitrogens with two attached hydrogens (primary N) is 2. The Bertz CT molecular complexity index is 160. The second-order valence-electron chi connectivity index (χ2n) is 4.17. The number of hydrogen-bond acceptors (Lipinski definition) is 3. The van der Waals surface area contributed by atoms with Gasteiger partial charge in [0.15, 0.2) is 0 Å². The fourth-order valence-electron chi connectivity index (χ4n) is 1.58. The summed E-state index contributed by atoms with van der Waals surface area (Å²) in [6, 6.07) is -0.227. The van der Waals surface area contributed by atoms with Crippen molar-refractivity contribution in [1.29, 1.82) is 0 Å². The molecule has 0 bridgehead atoms. The summed E-state index contributed by atoms with van der Waals surface area (Å²) in [6.45, 7) is 2.87. The molecule has 1 unspecified atom stereocenters. The van der Waals surface area contributed by atoms with Crippen LogP contribution < -0.4 is 11.5 Å². The van der Waals surface area contributed by atoms with E-state index in [0.717, 1.165) is 38.6 Å². The molecule has 90 valence electrons. The average molecular weight is 214 g/mol.